The molecule has 4 aliphatic carbocycles. The quantitative estimate of drug-likeness (QED) is 0.496. The monoisotopic (exact) mass is 422 g/mol. The second-order valence-corrected chi connectivity index (χ2v) is 8.79. The smallest absolute Gasteiger partial charge is 0.0622 e. The van der Waals surface area contributed by atoms with Gasteiger partial charge in [0.25, 0.3) is 0 Å². The molecule has 0 heterocycles. The molecule has 2 atom stereocenters. The van der Waals surface area contributed by atoms with Gasteiger partial charge in [-0.1, -0.05) is 107 Å². The molecule has 2 unspecified atom stereocenters. The summed E-state index contributed by atoms with van der Waals surface area (Å²) >= 11 is 3.73. The van der Waals surface area contributed by atoms with Gasteiger partial charge >= 0.3 is 0 Å². The van der Waals surface area contributed by atoms with Gasteiger partial charge in [-0.05, 0) is 45.6 Å². The summed E-state index contributed by atoms with van der Waals surface area (Å²) in [6.07, 6.45) is 18.4. The van der Waals surface area contributed by atoms with Gasteiger partial charge in [0.2, 0.25) is 0 Å². The molecule has 0 nitrogen and oxygen atoms in total. The van der Waals surface area contributed by atoms with Gasteiger partial charge in [-0.15, -0.1) is 0 Å². The number of hydrogen-bond donors (Lipinski definition) is 0. The normalized spacial score (nSPS) is 28.9. The highest BCUT2D eigenvalue weighted by atomic mass is 79.9. The fourth-order valence-corrected chi connectivity index (χ4v) is 6.08. The van der Waals surface area contributed by atoms with Crippen LogP contribution in [0, 0.1) is 11.8 Å². The molecule has 28 heavy (non-hydrogen) atoms. The molecule has 0 radical (unpaired) electrons. The summed E-state index contributed by atoms with van der Waals surface area (Å²) in [5.74, 6) is 0.834. The number of benzene rings is 2. The Balaban J connectivity index is 1.76. The second-order valence-electron chi connectivity index (χ2n) is 7.88. The highest BCUT2D eigenvalue weighted by Gasteiger charge is 2.57. The van der Waals surface area contributed by atoms with Crippen LogP contribution in [0.5, 0.6) is 0 Å². The molecule has 134 valence electrons. The first-order valence-corrected chi connectivity index (χ1v) is 10.6. The van der Waals surface area contributed by atoms with E-state index in [4.69, 9.17) is 0 Å². The van der Waals surface area contributed by atoms with E-state index in [1.54, 1.807) is 0 Å². The van der Waals surface area contributed by atoms with Gasteiger partial charge in [-0.3, -0.25) is 0 Å². The van der Waals surface area contributed by atoms with Crippen LogP contribution in [-0.2, 0) is 5.41 Å². The number of hydrogen-bond acceptors (Lipinski definition) is 0. The van der Waals surface area contributed by atoms with E-state index in [0.717, 1.165) is 4.47 Å². The summed E-state index contributed by atoms with van der Waals surface area (Å²) in [7, 11) is 0. The Bertz CT molecular complexity index is 1120. The lowest BCUT2D eigenvalue weighted by atomic mass is 9.66. The zero-order valence-corrected chi connectivity index (χ0v) is 16.9. The molecule has 0 bridgehead atoms. The third-order valence-corrected chi connectivity index (χ3v) is 7.14. The van der Waals surface area contributed by atoms with Gasteiger partial charge < -0.3 is 0 Å². The van der Waals surface area contributed by atoms with E-state index in [2.05, 4.69) is 119 Å². The highest BCUT2D eigenvalue weighted by molar-refractivity contribution is 9.10. The van der Waals surface area contributed by atoms with E-state index >= 15 is 0 Å². The van der Waals surface area contributed by atoms with E-state index in [1.807, 2.05) is 0 Å². The standard InChI is InChI=1S/C27H19Br/c28-22-12-6-11-21(17-22)27(20-9-2-1-3-10-20)23-13-4-7-18-15-16-19-8-5-14-24(27)26(19)25(18)23/h1-17,25-26H. The number of rotatable bonds is 2. The summed E-state index contributed by atoms with van der Waals surface area (Å²) < 4.78 is 1.13. The van der Waals surface area contributed by atoms with E-state index in [0.29, 0.717) is 11.8 Å². The SMILES string of the molecule is Brc1cccc(C2(c3ccccc3)C3=CC=CC4=CC=C5C=CC=C2C5C43)c1. The van der Waals surface area contributed by atoms with Crippen molar-refractivity contribution in [3.05, 3.63) is 141 Å². The predicted octanol–water partition coefficient (Wildman–Crippen LogP) is 6.84. The maximum absolute atomic E-state index is 3.73. The van der Waals surface area contributed by atoms with Gasteiger partial charge in [0.05, 0.1) is 5.41 Å². The Hall–Kier alpha value is -2.64. The van der Waals surface area contributed by atoms with Crippen LogP contribution in [0.2, 0.25) is 0 Å². The van der Waals surface area contributed by atoms with Crippen LogP contribution < -0.4 is 0 Å². The van der Waals surface area contributed by atoms with Crippen LogP contribution >= 0.6 is 15.9 Å². The Kier molecular flexibility index (Phi) is 3.46. The van der Waals surface area contributed by atoms with E-state index in [1.165, 1.54) is 33.4 Å². The van der Waals surface area contributed by atoms with E-state index in [-0.39, 0.29) is 5.41 Å². The summed E-state index contributed by atoms with van der Waals surface area (Å²) in [4.78, 5) is 0. The molecule has 0 spiro atoms. The molecule has 4 aliphatic rings. The third-order valence-electron chi connectivity index (χ3n) is 6.65. The van der Waals surface area contributed by atoms with Crippen LogP contribution in [0.15, 0.2) is 130 Å². The molecule has 1 fully saturated rings. The fourth-order valence-electron chi connectivity index (χ4n) is 5.68. The van der Waals surface area contributed by atoms with Gasteiger partial charge in [0.15, 0.2) is 0 Å². The summed E-state index contributed by atoms with van der Waals surface area (Å²) in [5, 5.41) is 0. The Morgan fingerprint density at radius 1 is 0.643 bits per heavy atom. The van der Waals surface area contributed by atoms with Crippen molar-refractivity contribution >= 4 is 15.9 Å². The Morgan fingerprint density at radius 3 is 1.86 bits per heavy atom. The third kappa shape index (κ3) is 2.00. The van der Waals surface area contributed by atoms with Crippen molar-refractivity contribution in [1.82, 2.24) is 0 Å². The van der Waals surface area contributed by atoms with Crippen LogP contribution in [0.1, 0.15) is 11.1 Å². The summed E-state index contributed by atoms with van der Waals surface area (Å²) in [5.41, 5.74) is 8.31. The summed E-state index contributed by atoms with van der Waals surface area (Å²) in [6, 6.07) is 19.9. The van der Waals surface area contributed by atoms with Gasteiger partial charge in [-0.2, -0.15) is 0 Å². The van der Waals surface area contributed by atoms with Gasteiger partial charge in [-0.25, -0.2) is 0 Å². The molecule has 1 saturated carbocycles. The molecule has 6 rings (SSSR count). The first-order valence-electron chi connectivity index (χ1n) is 9.81. The Morgan fingerprint density at radius 2 is 1.25 bits per heavy atom. The molecule has 0 amide bonds. The minimum Gasteiger partial charge on any atom is -0.0622 e. The van der Waals surface area contributed by atoms with E-state index < -0.39 is 0 Å². The van der Waals surface area contributed by atoms with Gasteiger partial charge in [0.1, 0.15) is 0 Å². The molecule has 0 saturated heterocycles. The minimum absolute atomic E-state index is 0.238. The lowest BCUT2D eigenvalue weighted by molar-refractivity contribution is 0.615. The average Bonchev–Trinajstić information content (AvgIpc) is 3.06. The summed E-state index contributed by atoms with van der Waals surface area (Å²) in [6.45, 7) is 0. The molecule has 0 aromatic heterocycles. The van der Waals surface area contributed by atoms with E-state index in [9.17, 15) is 0 Å². The maximum Gasteiger partial charge on any atom is 0.0640 e. The lowest BCUT2D eigenvalue weighted by Crippen LogP contribution is -2.30. The maximum atomic E-state index is 3.73. The number of halogens is 1. The van der Waals surface area contributed by atoms with Crippen molar-refractivity contribution in [2.45, 2.75) is 5.41 Å². The average molecular weight is 423 g/mol. The molecule has 2 aromatic carbocycles. The molecule has 1 heteroatoms. The first kappa shape index (κ1) is 16.3. The predicted molar refractivity (Wildman–Crippen MR) is 119 cm³/mol. The molecular weight excluding hydrogens is 404 g/mol. The van der Waals surface area contributed by atoms with Crippen molar-refractivity contribution in [1.29, 1.82) is 0 Å². The minimum atomic E-state index is -0.238. The fraction of sp³-hybridized carbons (Fsp3) is 0.111. The lowest BCUT2D eigenvalue weighted by Gasteiger charge is -2.36. The second kappa shape index (κ2) is 5.93. The zero-order valence-electron chi connectivity index (χ0n) is 15.3. The van der Waals surface area contributed by atoms with Crippen LogP contribution in [0.4, 0.5) is 0 Å². The molecular formula is C27H19Br. The van der Waals surface area contributed by atoms with Crippen LogP contribution in [0.25, 0.3) is 0 Å². The first-order chi connectivity index (χ1) is 13.8. The van der Waals surface area contributed by atoms with Crippen molar-refractivity contribution in [3.63, 3.8) is 0 Å². The van der Waals surface area contributed by atoms with Crippen LogP contribution in [0.3, 0.4) is 0 Å². The van der Waals surface area contributed by atoms with Crippen molar-refractivity contribution in [3.8, 4) is 0 Å². The number of allylic oxidation sites excluding steroid dienone is 12. The highest BCUT2D eigenvalue weighted by Crippen LogP contribution is 2.64. The van der Waals surface area contributed by atoms with Crippen molar-refractivity contribution < 1.29 is 0 Å². The molecule has 0 aliphatic heterocycles. The largest absolute Gasteiger partial charge is 0.0640 e. The topological polar surface area (TPSA) is 0 Å². The van der Waals surface area contributed by atoms with Crippen LogP contribution in [-0.4, -0.2) is 0 Å². The van der Waals surface area contributed by atoms with Gasteiger partial charge in [0, 0.05) is 16.3 Å². The van der Waals surface area contributed by atoms with Crippen molar-refractivity contribution in [2.75, 3.05) is 0 Å². The molecule has 2 aromatic rings. The Labute approximate surface area is 174 Å². The molecule has 0 N–H and O–H groups in total. The zero-order chi connectivity index (χ0) is 18.7. The van der Waals surface area contributed by atoms with Crippen molar-refractivity contribution in [2.24, 2.45) is 11.8 Å².